The van der Waals surface area contributed by atoms with E-state index < -0.39 is 28.7 Å². The van der Waals surface area contributed by atoms with Gasteiger partial charge < -0.3 is 40.2 Å². The molecule has 0 fully saturated rings. The second-order valence-corrected chi connectivity index (χ2v) is 27.5. The van der Waals surface area contributed by atoms with Gasteiger partial charge in [-0.05, 0) is 155 Å². The van der Waals surface area contributed by atoms with E-state index in [9.17, 15) is 25.5 Å². The fourth-order valence-electron chi connectivity index (χ4n) is 12.9. The molecular weight excluding hydrogens is 1010 g/mol. The van der Waals surface area contributed by atoms with Crippen molar-refractivity contribution in [1.29, 1.82) is 0 Å². The third-order valence-corrected chi connectivity index (χ3v) is 17.6. The van der Waals surface area contributed by atoms with E-state index in [0.29, 0.717) is 11.4 Å². The third kappa shape index (κ3) is 8.48. The molecule has 2 heterocycles. The molecule has 0 aromatic heterocycles. The predicted octanol–water partition coefficient (Wildman–Crippen LogP) is 16.9. The highest BCUT2D eigenvalue weighted by Gasteiger charge is 2.46. The Balaban J connectivity index is 1.19. The largest absolute Gasteiger partial charge is 0.503 e. The van der Waals surface area contributed by atoms with Gasteiger partial charge >= 0.3 is 0 Å². The van der Waals surface area contributed by atoms with E-state index in [-0.39, 0.29) is 39.5 Å². The van der Waals surface area contributed by atoms with E-state index in [0.717, 1.165) is 72.8 Å². The molecule has 3 aliphatic rings. The summed E-state index contributed by atoms with van der Waals surface area (Å²) in [5.74, 6) is -4.58. The Morgan fingerprint density at radius 2 is 0.915 bits per heavy atom. The summed E-state index contributed by atoms with van der Waals surface area (Å²) in [5.41, 5.74) is 20.5. The molecule has 414 valence electrons. The number of hydrogen-bond acceptors (Lipinski definition) is 8. The molecule has 8 nitrogen and oxygen atoms in total. The number of rotatable bonds is 6. The molecule has 0 saturated carbocycles. The number of phenolic OH excluding ortho intramolecular Hbond substituents is 5. The number of anilines is 9. The third-order valence-electron chi connectivity index (χ3n) is 17.6. The quantitative estimate of drug-likeness (QED) is 0.0636. The van der Waals surface area contributed by atoms with Gasteiger partial charge in [0, 0.05) is 50.8 Å². The van der Waals surface area contributed by atoms with Crippen LogP contribution in [0.5, 0.6) is 28.7 Å². The van der Waals surface area contributed by atoms with Gasteiger partial charge in [0.2, 0.25) is 17.2 Å². The standard InChI is InChI=1S/C73H74BN3O5/c1-69(2,3)43-24-28-47(29-25-43)75-59-41-49(77(63-64(78)66(80)68(82)67(81)65(63)79)57-34-26-44(70(4,5)6)36-51(57)42-20-16-15-17-21-42)31-33-55(59)74-56-37-45(71(7,8)9)27-35-58(56)76(61-39-46(72(10,11)12)38-60(75)62(61)74)48-30-32-54-52(40-48)50-22-18-19-23-53(50)73(54,13)14/h15-41,78-82H,1-14H3. The highest BCUT2D eigenvalue weighted by atomic mass is 16.4. The Labute approximate surface area is 484 Å². The first-order valence-electron chi connectivity index (χ1n) is 28.7. The van der Waals surface area contributed by atoms with Crippen molar-refractivity contribution in [2.24, 2.45) is 0 Å². The normalized spacial score (nSPS) is 14.2. The lowest BCUT2D eigenvalue weighted by molar-refractivity contribution is 0.329. The van der Waals surface area contributed by atoms with E-state index in [1.165, 1.54) is 33.4 Å². The van der Waals surface area contributed by atoms with Gasteiger partial charge in [-0.3, -0.25) is 0 Å². The summed E-state index contributed by atoms with van der Waals surface area (Å²) < 4.78 is 0. The van der Waals surface area contributed by atoms with E-state index >= 15 is 0 Å². The summed E-state index contributed by atoms with van der Waals surface area (Å²) in [7, 11) is 0. The molecule has 82 heavy (non-hydrogen) atoms. The fourth-order valence-corrected chi connectivity index (χ4v) is 12.9. The average molecular weight is 1080 g/mol. The number of hydrogen-bond donors (Lipinski definition) is 5. The fraction of sp³-hybridized carbons (Fsp3) is 0.260. The molecule has 2 aliphatic heterocycles. The molecular formula is C73H74BN3O5. The molecule has 0 radical (unpaired) electrons. The van der Waals surface area contributed by atoms with Crippen molar-refractivity contribution in [3.8, 4) is 51.0 Å². The number of fused-ring (bicyclic) bond motifs is 7. The van der Waals surface area contributed by atoms with Crippen molar-refractivity contribution in [2.45, 2.75) is 124 Å². The van der Waals surface area contributed by atoms with Gasteiger partial charge in [0.05, 0.1) is 5.69 Å². The Kier molecular flexibility index (Phi) is 12.2. The van der Waals surface area contributed by atoms with Crippen LogP contribution < -0.4 is 31.1 Å². The van der Waals surface area contributed by atoms with Crippen molar-refractivity contribution in [3.63, 3.8) is 0 Å². The lowest BCUT2D eigenvalue weighted by Crippen LogP contribution is -2.61. The second-order valence-electron chi connectivity index (χ2n) is 27.5. The molecule has 9 heteroatoms. The van der Waals surface area contributed by atoms with Crippen LogP contribution in [0.3, 0.4) is 0 Å². The Morgan fingerprint density at radius 1 is 0.390 bits per heavy atom. The van der Waals surface area contributed by atoms with Gasteiger partial charge in [0.15, 0.2) is 11.5 Å². The smallest absolute Gasteiger partial charge is 0.252 e. The Bertz CT molecular complexity index is 4050. The van der Waals surface area contributed by atoms with Crippen molar-refractivity contribution in [3.05, 3.63) is 197 Å². The Morgan fingerprint density at radius 3 is 1.54 bits per heavy atom. The lowest BCUT2D eigenvalue weighted by atomic mass is 9.33. The van der Waals surface area contributed by atoms with Crippen LogP contribution in [-0.4, -0.2) is 32.2 Å². The van der Waals surface area contributed by atoms with Crippen LogP contribution in [0.4, 0.5) is 51.2 Å². The molecule has 12 rings (SSSR count). The molecule has 0 saturated heterocycles. The molecule has 5 N–H and O–H groups in total. The van der Waals surface area contributed by atoms with E-state index in [4.69, 9.17) is 0 Å². The highest BCUT2D eigenvalue weighted by Crippen LogP contribution is 2.60. The van der Waals surface area contributed by atoms with Crippen LogP contribution in [-0.2, 0) is 27.1 Å². The average Bonchev–Trinajstić information content (AvgIpc) is 2.11. The van der Waals surface area contributed by atoms with Crippen LogP contribution in [0, 0.1) is 0 Å². The minimum absolute atomic E-state index is 0.118. The van der Waals surface area contributed by atoms with Gasteiger partial charge in [0.1, 0.15) is 5.69 Å². The van der Waals surface area contributed by atoms with E-state index in [2.05, 4.69) is 222 Å². The van der Waals surface area contributed by atoms with Crippen molar-refractivity contribution >= 4 is 74.3 Å². The van der Waals surface area contributed by atoms with Crippen LogP contribution in [0.15, 0.2) is 164 Å². The second kappa shape index (κ2) is 18.5. The maximum absolute atomic E-state index is 12.1. The first-order chi connectivity index (χ1) is 38.5. The lowest BCUT2D eigenvalue weighted by Gasteiger charge is -2.46. The van der Waals surface area contributed by atoms with Gasteiger partial charge in [-0.15, -0.1) is 0 Å². The molecule has 9 aromatic rings. The number of nitrogens with zero attached hydrogens (tertiary/aromatic N) is 3. The summed E-state index contributed by atoms with van der Waals surface area (Å²) >= 11 is 0. The zero-order valence-corrected chi connectivity index (χ0v) is 49.7. The maximum Gasteiger partial charge on any atom is 0.252 e. The SMILES string of the molecule is CC(C)(C)c1ccc(N2c3cc(N(c4ccc(C(C)(C)C)cc4-c4ccccc4)c4c(O)c(O)c(O)c(O)c4O)ccc3B3c4cc(C(C)(C)C)ccc4N(c4ccc5c(c4)-c4ccccc4C5(C)C)c4cc(C(C)(C)C)cc2c43)cc1. The van der Waals surface area contributed by atoms with Gasteiger partial charge in [-0.25, -0.2) is 0 Å². The Hall–Kier alpha value is -8.56. The molecule has 1 aliphatic carbocycles. The van der Waals surface area contributed by atoms with Crippen molar-refractivity contribution < 1.29 is 25.5 Å². The zero-order valence-electron chi connectivity index (χ0n) is 49.7. The van der Waals surface area contributed by atoms with Crippen LogP contribution in [0.1, 0.15) is 130 Å². The first kappa shape index (κ1) is 54.1. The van der Waals surface area contributed by atoms with E-state index in [1.54, 1.807) is 4.90 Å². The van der Waals surface area contributed by atoms with Gasteiger partial charge in [-0.1, -0.05) is 194 Å². The number of aromatic hydroxyl groups is 5. The monoisotopic (exact) mass is 1080 g/mol. The number of phenols is 5. The minimum Gasteiger partial charge on any atom is -0.503 e. The van der Waals surface area contributed by atoms with Crippen molar-refractivity contribution in [1.82, 2.24) is 0 Å². The molecule has 9 aromatic carbocycles. The van der Waals surface area contributed by atoms with Crippen molar-refractivity contribution in [2.75, 3.05) is 14.7 Å². The van der Waals surface area contributed by atoms with Gasteiger partial charge in [-0.2, -0.15) is 0 Å². The first-order valence-corrected chi connectivity index (χ1v) is 28.7. The molecule has 0 amide bonds. The summed E-state index contributed by atoms with van der Waals surface area (Å²) in [6, 6.07) is 58.9. The van der Waals surface area contributed by atoms with E-state index in [1.807, 2.05) is 48.5 Å². The topological polar surface area (TPSA) is 111 Å². The zero-order chi connectivity index (χ0) is 58.5. The summed E-state index contributed by atoms with van der Waals surface area (Å²) in [6.07, 6.45) is 0. The van der Waals surface area contributed by atoms with Crippen LogP contribution >= 0.6 is 0 Å². The van der Waals surface area contributed by atoms with Gasteiger partial charge in [0.25, 0.3) is 6.71 Å². The summed E-state index contributed by atoms with van der Waals surface area (Å²) in [4.78, 5) is 6.57. The van der Waals surface area contributed by atoms with Crippen LogP contribution in [0.2, 0.25) is 0 Å². The highest BCUT2D eigenvalue weighted by molar-refractivity contribution is 7.00. The predicted molar refractivity (Wildman–Crippen MR) is 341 cm³/mol. The molecule has 0 unspecified atom stereocenters. The maximum atomic E-state index is 12.1. The minimum atomic E-state index is -1.03. The molecule has 0 spiro atoms. The summed E-state index contributed by atoms with van der Waals surface area (Å²) in [6.45, 7) is 31.1. The van der Waals surface area contributed by atoms with Crippen LogP contribution in [0.25, 0.3) is 22.3 Å². The molecule has 0 atom stereocenters. The summed E-state index contributed by atoms with van der Waals surface area (Å²) in [5, 5.41) is 58.0. The molecule has 0 bridgehead atoms. The number of benzene rings is 9.